The molecule has 0 radical (unpaired) electrons. The van der Waals surface area contributed by atoms with Gasteiger partial charge >= 0.3 is 5.97 Å². The maximum Gasteiger partial charge on any atom is 0.340 e. The number of nitrogens with one attached hydrogen (secondary N) is 1. The molecule has 5 heteroatoms. The highest BCUT2D eigenvalue weighted by molar-refractivity contribution is 7.10. The van der Waals surface area contributed by atoms with Gasteiger partial charge in [-0.15, -0.1) is 11.3 Å². The van der Waals surface area contributed by atoms with Crippen molar-refractivity contribution < 1.29 is 14.3 Å². The molecule has 0 fully saturated rings. The van der Waals surface area contributed by atoms with Crippen LogP contribution in [0.2, 0.25) is 0 Å². The van der Waals surface area contributed by atoms with Crippen LogP contribution in [0.1, 0.15) is 34.6 Å². The van der Waals surface area contributed by atoms with Gasteiger partial charge in [0.1, 0.15) is 11.4 Å². The monoisotopic (exact) mass is 279 g/mol. The lowest BCUT2D eigenvalue weighted by atomic mass is 10.1. The van der Waals surface area contributed by atoms with Crippen LogP contribution in [-0.2, 0) is 0 Å². The summed E-state index contributed by atoms with van der Waals surface area (Å²) in [6.07, 6.45) is 0.788. The van der Waals surface area contributed by atoms with Crippen LogP contribution in [0.4, 0.5) is 10.1 Å². The first-order valence-corrected chi connectivity index (χ1v) is 6.83. The SMILES string of the molecule is CCC(Nc1cccc(F)c1C(=O)O)c1cccs1. The summed E-state index contributed by atoms with van der Waals surface area (Å²) in [5.74, 6) is -1.99. The topological polar surface area (TPSA) is 49.3 Å². The van der Waals surface area contributed by atoms with Crippen LogP contribution in [0.25, 0.3) is 0 Å². The summed E-state index contributed by atoms with van der Waals surface area (Å²) in [4.78, 5) is 12.2. The van der Waals surface area contributed by atoms with Crippen molar-refractivity contribution in [1.82, 2.24) is 0 Å². The minimum Gasteiger partial charge on any atom is -0.478 e. The molecule has 100 valence electrons. The van der Waals surface area contributed by atoms with Crippen LogP contribution in [-0.4, -0.2) is 11.1 Å². The number of hydrogen-bond donors (Lipinski definition) is 2. The maximum absolute atomic E-state index is 13.6. The third-order valence-electron chi connectivity index (χ3n) is 2.85. The lowest BCUT2D eigenvalue weighted by Crippen LogP contribution is -2.13. The van der Waals surface area contributed by atoms with Crippen molar-refractivity contribution in [2.24, 2.45) is 0 Å². The molecule has 1 unspecified atom stereocenters. The number of benzene rings is 1. The molecule has 0 aliphatic rings. The van der Waals surface area contributed by atoms with Crippen LogP contribution >= 0.6 is 11.3 Å². The van der Waals surface area contributed by atoms with Crippen molar-refractivity contribution in [2.45, 2.75) is 19.4 Å². The molecule has 0 spiro atoms. The molecular formula is C14H14FNO2S. The van der Waals surface area contributed by atoms with Crippen LogP contribution in [0.5, 0.6) is 0 Å². The third kappa shape index (κ3) is 2.93. The molecule has 0 bridgehead atoms. The molecule has 2 aromatic rings. The number of hydrogen-bond acceptors (Lipinski definition) is 3. The Morgan fingerprint density at radius 2 is 2.21 bits per heavy atom. The smallest absolute Gasteiger partial charge is 0.340 e. The molecule has 2 N–H and O–H groups in total. The predicted molar refractivity (Wildman–Crippen MR) is 74.3 cm³/mol. The van der Waals surface area contributed by atoms with Gasteiger partial charge in [0, 0.05) is 4.88 Å². The van der Waals surface area contributed by atoms with E-state index < -0.39 is 11.8 Å². The Labute approximate surface area is 114 Å². The summed E-state index contributed by atoms with van der Waals surface area (Å²) >= 11 is 1.59. The minimum absolute atomic E-state index is 0.0140. The van der Waals surface area contributed by atoms with E-state index in [1.807, 2.05) is 24.4 Å². The van der Waals surface area contributed by atoms with Gasteiger partial charge in [0.25, 0.3) is 0 Å². The summed E-state index contributed by atoms with van der Waals surface area (Å²) in [7, 11) is 0. The molecule has 0 aliphatic heterocycles. The first-order valence-electron chi connectivity index (χ1n) is 5.95. The van der Waals surface area contributed by atoms with Crippen molar-refractivity contribution in [1.29, 1.82) is 0 Å². The summed E-state index contributed by atoms with van der Waals surface area (Å²) in [5.41, 5.74) is 0.00487. The van der Waals surface area contributed by atoms with E-state index in [1.165, 1.54) is 6.07 Å². The average molecular weight is 279 g/mol. The second-order valence-corrected chi connectivity index (χ2v) is 5.07. The third-order valence-corrected chi connectivity index (χ3v) is 3.84. The second kappa shape index (κ2) is 5.84. The highest BCUT2D eigenvalue weighted by Gasteiger charge is 2.18. The van der Waals surface area contributed by atoms with Crippen LogP contribution < -0.4 is 5.32 Å². The van der Waals surface area contributed by atoms with Gasteiger partial charge in [-0.2, -0.15) is 0 Å². The summed E-state index contributed by atoms with van der Waals surface area (Å²) in [5, 5.41) is 14.2. The quantitative estimate of drug-likeness (QED) is 0.864. The molecule has 19 heavy (non-hydrogen) atoms. The van der Waals surface area contributed by atoms with E-state index in [2.05, 4.69) is 5.32 Å². The Hall–Kier alpha value is -1.88. The van der Waals surface area contributed by atoms with Crippen molar-refractivity contribution >= 4 is 23.0 Å². The fourth-order valence-corrected chi connectivity index (χ4v) is 2.77. The van der Waals surface area contributed by atoms with E-state index in [9.17, 15) is 9.18 Å². The first-order chi connectivity index (χ1) is 9.13. The Bertz CT molecular complexity index is 569. The Morgan fingerprint density at radius 3 is 2.79 bits per heavy atom. The Kier molecular flexibility index (Phi) is 4.16. The molecule has 0 saturated heterocycles. The Balaban J connectivity index is 2.32. The van der Waals surface area contributed by atoms with Gasteiger partial charge in [-0.05, 0) is 30.0 Å². The van der Waals surface area contributed by atoms with E-state index in [4.69, 9.17) is 5.11 Å². The lowest BCUT2D eigenvalue weighted by Gasteiger charge is -2.18. The second-order valence-electron chi connectivity index (χ2n) is 4.09. The highest BCUT2D eigenvalue weighted by Crippen LogP contribution is 2.28. The van der Waals surface area contributed by atoms with Gasteiger partial charge in [-0.25, -0.2) is 9.18 Å². The molecule has 0 aliphatic carbocycles. The standard InChI is InChI=1S/C14H14FNO2S/c1-2-10(12-7-4-8-19-12)16-11-6-3-5-9(15)13(11)14(17)18/h3-8,10,16H,2H2,1H3,(H,17,18). The average Bonchev–Trinajstić information content (AvgIpc) is 2.89. The van der Waals surface area contributed by atoms with Gasteiger partial charge in [0.2, 0.25) is 0 Å². The van der Waals surface area contributed by atoms with Crippen LogP contribution in [0, 0.1) is 5.82 Å². The number of aromatic carboxylic acids is 1. The summed E-state index contributed by atoms with van der Waals surface area (Å²) in [6.45, 7) is 2.00. The molecular weight excluding hydrogens is 265 g/mol. The van der Waals surface area contributed by atoms with E-state index in [0.29, 0.717) is 5.69 Å². The lowest BCUT2D eigenvalue weighted by molar-refractivity contribution is 0.0693. The van der Waals surface area contributed by atoms with E-state index in [0.717, 1.165) is 17.4 Å². The molecule has 1 atom stereocenters. The summed E-state index contributed by atoms with van der Waals surface area (Å²) < 4.78 is 13.6. The van der Waals surface area contributed by atoms with Gasteiger partial charge in [-0.3, -0.25) is 0 Å². The van der Waals surface area contributed by atoms with Gasteiger partial charge in [0.15, 0.2) is 0 Å². The van der Waals surface area contributed by atoms with Gasteiger partial charge in [-0.1, -0.05) is 19.1 Å². The van der Waals surface area contributed by atoms with E-state index >= 15 is 0 Å². The number of carbonyl (C=O) groups is 1. The highest BCUT2D eigenvalue weighted by atomic mass is 32.1. The van der Waals surface area contributed by atoms with Crippen molar-refractivity contribution in [2.75, 3.05) is 5.32 Å². The largest absolute Gasteiger partial charge is 0.478 e. The van der Waals surface area contributed by atoms with Gasteiger partial charge < -0.3 is 10.4 Å². The number of halogens is 1. The molecule has 1 heterocycles. The van der Waals surface area contributed by atoms with Crippen molar-refractivity contribution in [3.63, 3.8) is 0 Å². The number of thiophene rings is 1. The molecule has 1 aromatic carbocycles. The molecule has 0 amide bonds. The normalized spacial score (nSPS) is 12.1. The first kappa shape index (κ1) is 13.5. The molecule has 3 nitrogen and oxygen atoms in total. The van der Waals surface area contributed by atoms with Crippen LogP contribution in [0.15, 0.2) is 35.7 Å². The zero-order valence-electron chi connectivity index (χ0n) is 10.4. The maximum atomic E-state index is 13.6. The summed E-state index contributed by atoms with van der Waals surface area (Å²) in [6, 6.07) is 8.15. The zero-order chi connectivity index (χ0) is 13.8. The fraction of sp³-hybridized carbons (Fsp3) is 0.214. The molecule has 1 aromatic heterocycles. The number of rotatable bonds is 5. The van der Waals surface area contributed by atoms with E-state index in [1.54, 1.807) is 17.4 Å². The molecule has 0 saturated carbocycles. The fourth-order valence-electron chi connectivity index (χ4n) is 1.91. The predicted octanol–water partition coefficient (Wildman–Crippen LogP) is 4.15. The van der Waals surface area contributed by atoms with Crippen molar-refractivity contribution in [3.05, 3.63) is 52.0 Å². The number of carboxylic acids is 1. The number of carboxylic acid groups (broad SMARTS) is 1. The molecule has 2 rings (SSSR count). The number of anilines is 1. The zero-order valence-corrected chi connectivity index (χ0v) is 11.2. The van der Waals surface area contributed by atoms with Crippen molar-refractivity contribution in [3.8, 4) is 0 Å². The minimum atomic E-state index is -1.26. The van der Waals surface area contributed by atoms with Gasteiger partial charge in [0.05, 0.1) is 11.7 Å². The van der Waals surface area contributed by atoms with Crippen LogP contribution in [0.3, 0.4) is 0 Å². The van der Waals surface area contributed by atoms with E-state index in [-0.39, 0.29) is 11.6 Å². The Morgan fingerprint density at radius 1 is 1.42 bits per heavy atom.